The summed E-state index contributed by atoms with van der Waals surface area (Å²) in [6.07, 6.45) is 8.90. The molecule has 0 spiro atoms. The highest BCUT2D eigenvalue weighted by Gasteiger charge is 2.32. The van der Waals surface area contributed by atoms with Crippen LogP contribution in [0.25, 0.3) is 10.8 Å². The first kappa shape index (κ1) is 12.1. The molecular formula is C17H21N3. The Labute approximate surface area is 120 Å². The van der Waals surface area contributed by atoms with E-state index < -0.39 is 0 Å². The highest BCUT2D eigenvalue weighted by Crippen LogP contribution is 2.38. The molecule has 4 rings (SSSR count). The molecule has 2 heterocycles. The van der Waals surface area contributed by atoms with Crippen LogP contribution in [0.3, 0.4) is 0 Å². The third kappa shape index (κ3) is 2.05. The minimum Gasteiger partial charge on any atom is -0.354 e. The summed E-state index contributed by atoms with van der Waals surface area (Å²) in [7, 11) is 0. The quantitative estimate of drug-likeness (QED) is 0.789. The maximum absolute atomic E-state index is 4.44. The van der Waals surface area contributed by atoms with E-state index in [9.17, 15) is 0 Å². The van der Waals surface area contributed by atoms with Crippen molar-refractivity contribution in [3.8, 4) is 0 Å². The van der Waals surface area contributed by atoms with Crippen LogP contribution in [0.4, 0.5) is 5.82 Å². The molecule has 3 nitrogen and oxygen atoms in total. The average Bonchev–Trinajstić information content (AvgIpc) is 2.54. The summed E-state index contributed by atoms with van der Waals surface area (Å²) < 4.78 is 0. The molecule has 1 saturated carbocycles. The molecule has 2 unspecified atom stereocenters. The third-order valence-electron chi connectivity index (χ3n) is 5.14. The summed E-state index contributed by atoms with van der Waals surface area (Å²) in [5, 5.41) is 11.1. The molecule has 2 aliphatic rings. The number of hydrogen-bond acceptors (Lipinski definition) is 3. The maximum atomic E-state index is 4.44. The molecule has 2 atom stereocenters. The fourth-order valence-electron chi connectivity index (χ4n) is 4.04. The molecule has 0 amide bonds. The maximum Gasteiger partial charge on any atom is 0.159 e. The van der Waals surface area contributed by atoms with Gasteiger partial charge in [0, 0.05) is 23.9 Å². The first-order valence-corrected chi connectivity index (χ1v) is 7.87. The summed E-state index contributed by atoms with van der Waals surface area (Å²) in [4.78, 5) is 2.47. The number of hydrogen-bond donors (Lipinski definition) is 0. The minimum absolute atomic E-state index is 0.873. The van der Waals surface area contributed by atoms with E-state index in [0.717, 1.165) is 24.2 Å². The van der Waals surface area contributed by atoms with Crippen LogP contribution in [0.1, 0.15) is 32.1 Å². The molecule has 1 aromatic carbocycles. The topological polar surface area (TPSA) is 29.0 Å². The lowest BCUT2D eigenvalue weighted by atomic mass is 9.75. The fraction of sp³-hybridized carbons (Fsp3) is 0.529. The number of rotatable bonds is 1. The number of aromatic nitrogens is 2. The van der Waals surface area contributed by atoms with Crippen molar-refractivity contribution in [1.82, 2.24) is 10.2 Å². The second kappa shape index (κ2) is 5.04. The lowest BCUT2D eigenvalue weighted by Crippen LogP contribution is -2.42. The highest BCUT2D eigenvalue weighted by molar-refractivity contribution is 5.91. The van der Waals surface area contributed by atoms with Crippen molar-refractivity contribution in [3.63, 3.8) is 0 Å². The molecule has 0 bridgehead atoms. The normalized spacial score (nSPS) is 26.5. The number of nitrogens with zero attached hydrogens (tertiary/aromatic N) is 3. The molecule has 1 saturated heterocycles. The van der Waals surface area contributed by atoms with Crippen molar-refractivity contribution in [2.24, 2.45) is 11.8 Å². The summed E-state index contributed by atoms with van der Waals surface area (Å²) in [5.74, 6) is 2.92. The molecule has 104 valence electrons. The number of anilines is 1. The van der Waals surface area contributed by atoms with E-state index in [1.54, 1.807) is 0 Å². The first-order chi connectivity index (χ1) is 9.92. The van der Waals surface area contributed by atoms with Gasteiger partial charge in [-0.3, -0.25) is 0 Å². The second-order valence-electron chi connectivity index (χ2n) is 6.29. The molecule has 0 N–H and O–H groups in total. The van der Waals surface area contributed by atoms with Gasteiger partial charge in [-0.15, -0.1) is 5.10 Å². The van der Waals surface area contributed by atoms with Crippen molar-refractivity contribution in [2.75, 3.05) is 18.0 Å². The van der Waals surface area contributed by atoms with Gasteiger partial charge in [0.15, 0.2) is 5.82 Å². The van der Waals surface area contributed by atoms with Gasteiger partial charge in [0.25, 0.3) is 0 Å². The van der Waals surface area contributed by atoms with Gasteiger partial charge in [-0.25, -0.2) is 0 Å². The van der Waals surface area contributed by atoms with Gasteiger partial charge in [-0.2, -0.15) is 5.10 Å². The zero-order valence-corrected chi connectivity index (χ0v) is 11.8. The van der Waals surface area contributed by atoms with Gasteiger partial charge in [-0.1, -0.05) is 43.5 Å². The van der Waals surface area contributed by atoms with Crippen LogP contribution in [0.5, 0.6) is 0 Å². The Hall–Kier alpha value is -1.64. The predicted octanol–water partition coefficient (Wildman–Crippen LogP) is 3.65. The van der Waals surface area contributed by atoms with Crippen molar-refractivity contribution in [1.29, 1.82) is 0 Å². The molecular weight excluding hydrogens is 246 g/mol. The smallest absolute Gasteiger partial charge is 0.159 e. The van der Waals surface area contributed by atoms with Crippen molar-refractivity contribution in [2.45, 2.75) is 32.1 Å². The Morgan fingerprint density at radius 3 is 2.80 bits per heavy atom. The minimum atomic E-state index is 0.873. The Kier molecular flexibility index (Phi) is 3.06. The lowest BCUT2D eigenvalue weighted by Gasteiger charge is -2.41. The fourth-order valence-corrected chi connectivity index (χ4v) is 4.04. The molecule has 2 fully saturated rings. The van der Waals surface area contributed by atoms with Crippen molar-refractivity contribution >= 4 is 16.6 Å². The van der Waals surface area contributed by atoms with E-state index in [4.69, 9.17) is 0 Å². The van der Waals surface area contributed by atoms with Gasteiger partial charge in [-0.05, 0) is 24.7 Å². The van der Waals surface area contributed by atoms with Gasteiger partial charge >= 0.3 is 0 Å². The summed E-state index contributed by atoms with van der Waals surface area (Å²) in [5.41, 5.74) is 0. The van der Waals surface area contributed by atoms with E-state index in [0.29, 0.717) is 0 Å². The van der Waals surface area contributed by atoms with E-state index in [1.807, 2.05) is 6.20 Å². The average molecular weight is 267 g/mol. The summed E-state index contributed by atoms with van der Waals surface area (Å²) in [6, 6.07) is 8.47. The van der Waals surface area contributed by atoms with Crippen LogP contribution < -0.4 is 4.90 Å². The zero-order valence-electron chi connectivity index (χ0n) is 11.8. The number of benzene rings is 1. The highest BCUT2D eigenvalue weighted by atomic mass is 15.3. The third-order valence-corrected chi connectivity index (χ3v) is 5.14. The van der Waals surface area contributed by atoms with E-state index in [-0.39, 0.29) is 0 Å². The summed E-state index contributed by atoms with van der Waals surface area (Å²) in [6.45, 7) is 2.32. The van der Waals surface area contributed by atoms with E-state index >= 15 is 0 Å². The SMILES string of the molecule is c1ccc2c(N3CCC4CCCCC4C3)nncc2c1. The van der Waals surface area contributed by atoms with Crippen LogP contribution in [0, 0.1) is 11.8 Å². The van der Waals surface area contributed by atoms with Crippen LogP contribution in [0.15, 0.2) is 30.5 Å². The van der Waals surface area contributed by atoms with E-state index in [1.165, 1.54) is 49.4 Å². The molecule has 1 aliphatic heterocycles. The van der Waals surface area contributed by atoms with Crippen molar-refractivity contribution in [3.05, 3.63) is 30.5 Å². The van der Waals surface area contributed by atoms with Crippen LogP contribution in [0.2, 0.25) is 0 Å². The molecule has 1 aromatic heterocycles. The molecule has 0 radical (unpaired) electrons. The van der Waals surface area contributed by atoms with Crippen LogP contribution >= 0.6 is 0 Å². The molecule has 1 aliphatic carbocycles. The Morgan fingerprint density at radius 2 is 1.85 bits per heavy atom. The molecule has 20 heavy (non-hydrogen) atoms. The van der Waals surface area contributed by atoms with E-state index in [2.05, 4.69) is 39.4 Å². The van der Waals surface area contributed by atoms with Gasteiger partial charge in [0.1, 0.15) is 0 Å². The Morgan fingerprint density at radius 1 is 1.00 bits per heavy atom. The predicted molar refractivity (Wildman–Crippen MR) is 81.8 cm³/mol. The standard InChI is InChI=1S/C17H21N3/c1-2-7-15-12-20(10-9-13(15)5-1)17-16-8-4-3-6-14(16)11-18-19-17/h3-4,6,8,11,13,15H,1-2,5,7,9-10,12H2. The summed E-state index contributed by atoms with van der Waals surface area (Å²) >= 11 is 0. The Balaban J connectivity index is 1.66. The van der Waals surface area contributed by atoms with Gasteiger partial charge in [0.2, 0.25) is 0 Å². The zero-order chi connectivity index (χ0) is 13.4. The van der Waals surface area contributed by atoms with Crippen molar-refractivity contribution < 1.29 is 0 Å². The monoisotopic (exact) mass is 267 g/mol. The lowest BCUT2D eigenvalue weighted by molar-refractivity contribution is 0.202. The number of piperidine rings is 1. The van der Waals surface area contributed by atoms with Gasteiger partial charge in [0.05, 0.1) is 6.20 Å². The number of fused-ring (bicyclic) bond motifs is 2. The largest absolute Gasteiger partial charge is 0.354 e. The second-order valence-corrected chi connectivity index (χ2v) is 6.29. The Bertz CT molecular complexity index is 605. The van der Waals surface area contributed by atoms with Crippen LogP contribution in [-0.2, 0) is 0 Å². The first-order valence-electron chi connectivity index (χ1n) is 7.87. The van der Waals surface area contributed by atoms with Gasteiger partial charge < -0.3 is 4.90 Å². The molecule has 3 heteroatoms. The van der Waals surface area contributed by atoms with Crippen LogP contribution in [-0.4, -0.2) is 23.3 Å². The molecule has 2 aromatic rings.